The maximum absolute atomic E-state index is 8.47. The topological polar surface area (TPSA) is 79.9 Å². The second kappa shape index (κ2) is 6.63. The van der Waals surface area contributed by atoms with E-state index < -0.39 is 0 Å². The lowest BCUT2D eigenvalue weighted by Crippen LogP contribution is -2.35. The summed E-state index contributed by atoms with van der Waals surface area (Å²) >= 11 is 0. The predicted octanol–water partition coefficient (Wildman–Crippen LogP) is 0.385. The molecular weight excluding hydrogens is 194 g/mol. The van der Waals surface area contributed by atoms with Crippen molar-refractivity contribution in [1.29, 1.82) is 0 Å². The largest absolute Gasteiger partial charge is 0.409 e. The lowest BCUT2D eigenvalue weighted by Gasteiger charge is -2.23. The highest BCUT2D eigenvalue weighted by atomic mass is 16.5. The van der Waals surface area contributed by atoms with Crippen molar-refractivity contribution in [1.82, 2.24) is 5.32 Å². The second-order valence-corrected chi connectivity index (χ2v) is 4.17. The molecule has 0 radical (unpaired) electrons. The van der Waals surface area contributed by atoms with Crippen LogP contribution in [0.1, 0.15) is 19.8 Å². The minimum Gasteiger partial charge on any atom is -0.409 e. The number of hydrogen-bond donors (Lipinski definition) is 3. The van der Waals surface area contributed by atoms with Crippen molar-refractivity contribution in [3.05, 3.63) is 0 Å². The van der Waals surface area contributed by atoms with Gasteiger partial charge in [-0.25, -0.2) is 0 Å². The molecule has 0 aromatic carbocycles. The first-order chi connectivity index (χ1) is 7.24. The summed E-state index contributed by atoms with van der Waals surface area (Å²) in [4.78, 5) is 0. The Labute approximate surface area is 90.7 Å². The van der Waals surface area contributed by atoms with Gasteiger partial charge in [-0.1, -0.05) is 12.1 Å². The van der Waals surface area contributed by atoms with Gasteiger partial charge in [0.1, 0.15) is 5.84 Å². The Morgan fingerprint density at radius 1 is 1.73 bits per heavy atom. The third kappa shape index (κ3) is 4.48. The van der Waals surface area contributed by atoms with E-state index in [1.165, 1.54) is 6.42 Å². The van der Waals surface area contributed by atoms with E-state index in [-0.39, 0.29) is 11.8 Å². The van der Waals surface area contributed by atoms with Gasteiger partial charge in [0, 0.05) is 25.6 Å². The molecule has 1 saturated heterocycles. The molecule has 1 aliphatic heterocycles. The van der Waals surface area contributed by atoms with Crippen LogP contribution in [0.2, 0.25) is 0 Å². The zero-order chi connectivity index (χ0) is 11.1. The van der Waals surface area contributed by atoms with Crippen molar-refractivity contribution in [3.63, 3.8) is 0 Å². The van der Waals surface area contributed by atoms with E-state index in [4.69, 9.17) is 15.7 Å². The fourth-order valence-corrected chi connectivity index (χ4v) is 1.68. The van der Waals surface area contributed by atoms with E-state index in [0.717, 1.165) is 32.7 Å². The minimum absolute atomic E-state index is 0.0690. The number of nitrogens with zero attached hydrogens (tertiary/aromatic N) is 1. The van der Waals surface area contributed by atoms with Crippen molar-refractivity contribution in [2.75, 3.05) is 26.3 Å². The number of hydrogen-bond acceptors (Lipinski definition) is 4. The molecule has 0 aromatic rings. The lowest BCUT2D eigenvalue weighted by molar-refractivity contribution is 0.0548. The third-order valence-corrected chi connectivity index (χ3v) is 2.76. The Hall–Kier alpha value is -0.810. The molecule has 2 unspecified atom stereocenters. The fourth-order valence-electron chi connectivity index (χ4n) is 1.68. The molecule has 0 aromatic heterocycles. The number of nitrogens with one attached hydrogen (secondary N) is 1. The first kappa shape index (κ1) is 12.3. The van der Waals surface area contributed by atoms with E-state index in [9.17, 15) is 0 Å². The standard InChI is InChI=1S/C10H21N3O2/c1-8(10(11)13-14)5-12-6-9-3-2-4-15-7-9/h8-9,12,14H,2-7H2,1H3,(H2,11,13). The first-order valence-electron chi connectivity index (χ1n) is 5.50. The average Bonchev–Trinajstić information content (AvgIpc) is 2.29. The molecule has 0 aliphatic carbocycles. The molecule has 1 fully saturated rings. The van der Waals surface area contributed by atoms with E-state index in [0.29, 0.717) is 5.92 Å². The van der Waals surface area contributed by atoms with E-state index >= 15 is 0 Å². The van der Waals surface area contributed by atoms with Crippen molar-refractivity contribution in [2.24, 2.45) is 22.7 Å². The van der Waals surface area contributed by atoms with Crippen molar-refractivity contribution in [2.45, 2.75) is 19.8 Å². The summed E-state index contributed by atoms with van der Waals surface area (Å²) in [7, 11) is 0. The lowest BCUT2D eigenvalue weighted by atomic mass is 10.0. The van der Waals surface area contributed by atoms with Gasteiger partial charge in [-0.2, -0.15) is 0 Å². The molecular formula is C10H21N3O2. The number of amidine groups is 1. The summed E-state index contributed by atoms with van der Waals surface area (Å²) in [5.74, 6) is 0.958. The zero-order valence-corrected chi connectivity index (χ0v) is 9.28. The summed E-state index contributed by atoms with van der Waals surface area (Å²) in [5.41, 5.74) is 5.47. The molecule has 88 valence electrons. The molecule has 5 nitrogen and oxygen atoms in total. The normalized spacial score (nSPS) is 25.1. The van der Waals surface area contributed by atoms with Crippen LogP contribution in [-0.4, -0.2) is 37.3 Å². The Bertz CT molecular complexity index is 203. The Balaban J connectivity index is 2.09. The molecule has 4 N–H and O–H groups in total. The van der Waals surface area contributed by atoms with E-state index in [1.807, 2.05) is 6.92 Å². The quantitative estimate of drug-likeness (QED) is 0.268. The van der Waals surface area contributed by atoms with Gasteiger partial charge in [-0.15, -0.1) is 0 Å². The first-order valence-corrected chi connectivity index (χ1v) is 5.50. The monoisotopic (exact) mass is 215 g/mol. The summed E-state index contributed by atoms with van der Waals surface area (Å²) < 4.78 is 5.38. The highest BCUT2D eigenvalue weighted by Crippen LogP contribution is 2.12. The van der Waals surface area contributed by atoms with Gasteiger partial charge in [0.15, 0.2) is 0 Å². The van der Waals surface area contributed by atoms with Crippen molar-refractivity contribution >= 4 is 5.84 Å². The highest BCUT2D eigenvalue weighted by molar-refractivity contribution is 5.82. The maximum atomic E-state index is 8.47. The smallest absolute Gasteiger partial charge is 0.143 e. The van der Waals surface area contributed by atoms with Crippen LogP contribution >= 0.6 is 0 Å². The Morgan fingerprint density at radius 2 is 2.53 bits per heavy atom. The van der Waals surface area contributed by atoms with E-state index in [1.54, 1.807) is 0 Å². The van der Waals surface area contributed by atoms with E-state index in [2.05, 4.69) is 10.5 Å². The third-order valence-electron chi connectivity index (χ3n) is 2.76. The van der Waals surface area contributed by atoms with Gasteiger partial charge in [0.05, 0.1) is 6.61 Å². The van der Waals surface area contributed by atoms with Gasteiger partial charge in [-0.05, 0) is 18.8 Å². The summed E-state index contributed by atoms with van der Waals surface area (Å²) in [6.45, 7) is 5.37. The van der Waals surface area contributed by atoms with Gasteiger partial charge in [0.25, 0.3) is 0 Å². The number of oxime groups is 1. The molecule has 1 heterocycles. The molecule has 0 bridgehead atoms. The molecule has 15 heavy (non-hydrogen) atoms. The van der Waals surface area contributed by atoms with Gasteiger partial charge < -0.3 is 21.0 Å². The molecule has 0 saturated carbocycles. The molecule has 0 amide bonds. The van der Waals surface area contributed by atoms with Gasteiger partial charge in [0.2, 0.25) is 0 Å². The fraction of sp³-hybridized carbons (Fsp3) is 0.900. The summed E-state index contributed by atoms with van der Waals surface area (Å²) in [6, 6.07) is 0. The molecule has 1 aliphatic rings. The SMILES string of the molecule is CC(CNCC1CCCOC1)C(N)=NO. The molecule has 5 heteroatoms. The van der Waals surface area contributed by atoms with Crippen molar-refractivity contribution in [3.8, 4) is 0 Å². The Morgan fingerprint density at radius 3 is 3.13 bits per heavy atom. The van der Waals surface area contributed by atoms with Gasteiger partial charge >= 0.3 is 0 Å². The van der Waals surface area contributed by atoms with Crippen LogP contribution in [0.15, 0.2) is 5.16 Å². The average molecular weight is 215 g/mol. The van der Waals surface area contributed by atoms with Crippen molar-refractivity contribution < 1.29 is 9.94 Å². The Kier molecular flexibility index (Phi) is 5.42. The number of ether oxygens (including phenoxy) is 1. The molecule has 0 spiro atoms. The second-order valence-electron chi connectivity index (χ2n) is 4.17. The van der Waals surface area contributed by atoms with Crippen LogP contribution in [0.25, 0.3) is 0 Å². The maximum Gasteiger partial charge on any atom is 0.143 e. The van der Waals surface area contributed by atoms with Crippen LogP contribution in [0.5, 0.6) is 0 Å². The van der Waals surface area contributed by atoms with Crippen LogP contribution in [-0.2, 0) is 4.74 Å². The van der Waals surface area contributed by atoms with Crippen LogP contribution in [0.3, 0.4) is 0 Å². The van der Waals surface area contributed by atoms with Crippen LogP contribution in [0.4, 0.5) is 0 Å². The number of rotatable bonds is 5. The van der Waals surface area contributed by atoms with Crippen LogP contribution < -0.4 is 11.1 Å². The summed E-state index contributed by atoms with van der Waals surface area (Å²) in [5, 5.41) is 14.8. The van der Waals surface area contributed by atoms with Crippen LogP contribution in [0, 0.1) is 11.8 Å². The predicted molar refractivity (Wildman–Crippen MR) is 59.0 cm³/mol. The number of nitrogens with two attached hydrogens (primary N) is 1. The zero-order valence-electron chi connectivity index (χ0n) is 9.28. The minimum atomic E-state index is 0.0690. The highest BCUT2D eigenvalue weighted by Gasteiger charge is 2.14. The molecule has 1 rings (SSSR count). The summed E-state index contributed by atoms with van der Waals surface area (Å²) in [6.07, 6.45) is 2.38. The van der Waals surface area contributed by atoms with Gasteiger partial charge in [-0.3, -0.25) is 0 Å². The molecule has 2 atom stereocenters.